The van der Waals surface area contributed by atoms with Crippen LogP contribution in [0, 0.1) is 6.92 Å². The van der Waals surface area contributed by atoms with Gasteiger partial charge >= 0.3 is 6.55 Å². The summed E-state index contributed by atoms with van der Waals surface area (Å²) >= 11 is 1.71. The Bertz CT molecular complexity index is 2850. The molecule has 0 amide bonds. The van der Waals surface area contributed by atoms with E-state index in [9.17, 15) is 17.2 Å². The number of hydrogen-bond donors (Lipinski definition) is 2. The van der Waals surface area contributed by atoms with Crippen molar-refractivity contribution in [2.45, 2.75) is 175 Å². The summed E-state index contributed by atoms with van der Waals surface area (Å²) in [6, 6.07) is 24.6. The van der Waals surface area contributed by atoms with Gasteiger partial charge in [0, 0.05) is 68.7 Å². The van der Waals surface area contributed by atoms with E-state index in [-0.39, 0.29) is 32.5 Å². The van der Waals surface area contributed by atoms with Gasteiger partial charge in [0.25, 0.3) is 0 Å². The van der Waals surface area contributed by atoms with Crippen LogP contribution < -0.4 is 10.2 Å². The lowest BCUT2D eigenvalue weighted by Crippen LogP contribution is -2.43. The molecule has 0 bridgehead atoms. The van der Waals surface area contributed by atoms with Crippen molar-refractivity contribution in [1.82, 2.24) is 40.1 Å². The lowest BCUT2D eigenvalue weighted by molar-refractivity contribution is 0.0564. The fraction of sp³-hybridized carbons (Fsp3) is 0.533. The third-order valence-electron chi connectivity index (χ3n) is 12.2. The summed E-state index contributed by atoms with van der Waals surface area (Å²) in [6.07, 6.45) is 8.06. The number of fused-ring (bicyclic) bond motifs is 1. The largest absolute Gasteiger partial charge is 0.369 e. The normalized spacial score (nSPS) is 13.5. The first kappa shape index (κ1) is 64.0. The van der Waals surface area contributed by atoms with Crippen molar-refractivity contribution in [2.75, 3.05) is 37.3 Å². The van der Waals surface area contributed by atoms with Crippen LogP contribution in [0.1, 0.15) is 170 Å². The second kappa shape index (κ2) is 26.2. The van der Waals surface area contributed by atoms with Crippen molar-refractivity contribution >= 4 is 37.1 Å². The number of sulfone groups is 1. The molecule has 0 spiro atoms. The molecule has 5 heterocycles. The zero-order chi connectivity index (χ0) is 57.0. The number of thiazole rings is 1. The number of para-hydroxylation sites is 1. The van der Waals surface area contributed by atoms with Gasteiger partial charge in [0.1, 0.15) is 0 Å². The number of hydrogen-bond acceptors (Lipinski definition) is 9. The maximum Gasteiger partial charge on any atom is 0.333 e. The number of aryl methyl sites for hydroxylation is 2. The van der Waals surface area contributed by atoms with Crippen LogP contribution in [0.25, 0.3) is 10.2 Å². The molecule has 0 saturated carbocycles. The number of aromatic amines is 1. The second-order valence-electron chi connectivity index (χ2n) is 25.4. The third-order valence-corrected chi connectivity index (χ3v) is 14.1. The van der Waals surface area contributed by atoms with Crippen molar-refractivity contribution in [2.24, 2.45) is 7.05 Å². The molecule has 15 heteroatoms. The van der Waals surface area contributed by atoms with Gasteiger partial charge in [-0.25, -0.2) is 18.1 Å². The van der Waals surface area contributed by atoms with E-state index in [1.165, 1.54) is 51.2 Å². The van der Waals surface area contributed by atoms with Crippen LogP contribution in [0.2, 0.25) is 0 Å². The fourth-order valence-electron chi connectivity index (χ4n) is 7.22. The molecule has 8 rings (SSSR count). The molecule has 0 radical (unpaired) electrons. The van der Waals surface area contributed by atoms with Crippen LogP contribution in [-0.4, -0.2) is 75.6 Å². The number of nitrogens with one attached hydrogen (secondary N) is 2. The van der Waals surface area contributed by atoms with E-state index in [2.05, 4.69) is 194 Å². The maximum atomic E-state index is 12.1. The van der Waals surface area contributed by atoms with Crippen molar-refractivity contribution in [3.8, 4) is 0 Å². The van der Waals surface area contributed by atoms with Gasteiger partial charge in [-0.2, -0.15) is 24.1 Å². The highest BCUT2D eigenvalue weighted by atomic mass is 32.2. The van der Waals surface area contributed by atoms with Gasteiger partial charge in [-0.1, -0.05) is 161 Å². The molecule has 4 aromatic heterocycles. The smallest absolute Gasteiger partial charge is 0.333 e. The monoisotopic (exact) mass is 1070 g/mol. The summed E-state index contributed by atoms with van der Waals surface area (Å²) in [5.74, 6) is 0. The fourth-order valence-corrected chi connectivity index (χ4v) is 8.59. The molecule has 1 aliphatic rings. The van der Waals surface area contributed by atoms with Gasteiger partial charge in [0.15, 0.2) is 9.84 Å². The third kappa shape index (κ3) is 21.4. The quantitative estimate of drug-likeness (QED) is 0.179. The number of alkyl halides is 2. The average Bonchev–Trinajstić information content (AvgIpc) is 4.15. The van der Waals surface area contributed by atoms with E-state index in [1.54, 1.807) is 29.5 Å². The minimum atomic E-state index is -3.09. The van der Waals surface area contributed by atoms with Gasteiger partial charge < -0.3 is 10.2 Å². The van der Waals surface area contributed by atoms with E-state index < -0.39 is 16.4 Å². The Morgan fingerprint density at radius 2 is 1.16 bits per heavy atom. The van der Waals surface area contributed by atoms with Crippen LogP contribution in [0.3, 0.4) is 0 Å². The molecule has 1 saturated heterocycles. The molecular weight excluding hydrogens is 981 g/mol. The van der Waals surface area contributed by atoms with Gasteiger partial charge in [-0.05, 0) is 98.2 Å². The molecule has 7 aromatic rings. The number of piperazine rings is 1. The molecule has 1 fully saturated rings. The van der Waals surface area contributed by atoms with E-state index in [0.717, 1.165) is 48.7 Å². The molecule has 75 heavy (non-hydrogen) atoms. The van der Waals surface area contributed by atoms with Crippen LogP contribution in [-0.2, 0) is 49.4 Å². The highest BCUT2D eigenvalue weighted by Gasteiger charge is 2.21. The van der Waals surface area contributed by atoms with Gasteiger partial charge in [0.05, 0.1) is 38.7 Å². The molecule has 0 aliphatic carbocycles. The number of anilines is 1. The van der Waals surface area contributed by atoms with Crippen molar-refractivity contribution in [3.63, 3.8) is 0 Å². The van der Waals surface area contributed by atoms with Crippen LogP contribution in [0.5, 0.6) is 0 Å². The Morgan fingerprint density at radius 3 is 1.56 bits per heavy atom. The number of benzene rings is 3. The van der Waals surface area contributed by atoms with Gasteiger partial charge in [-0.3, -0.25) is 9.78 Å². The van der Waals surface area contributed by atoms with Crippen LogP contribution in [0.4, 0.5) is 14.5 Å². The standard InChI is InChI=1S/C14H22N2.C11H13NS.C11H16O2S.C8H12F2N2.2C8H14N2/c1-14(2,3)12-4-6-13(7-5-12)16-10-8-15-9-11-16;1-11(2,3)8-5-4-6-9-10(8)12-7-13-9;1-11(2,3)9-6-5-7-10(8-9)14(4,12)13;1-8(2,3)6-4-11-12(5-6)7(9)10;1-8(2,3)7-5-9-10(4)6-7;1-6-5-7(10-9-6)8(2,3)4/h4-7,15H,8-11H2,1-3H3;4-7H,1-3H3;5-8H,1-4H3;4-5,7H,1-3H3;5-6H,1-4H3;5H,1-4H3,(H,9,10). The topological polar surface area (TPSA) is 127 Å². The highest BCUT2D eigenvalue weighted by Crippen LogP contribution is 2.31. The lowest BCUT2D eigenvalue weighted by atomic mass is 9.86. The van der Waals surface area contributed by atoms with Crippen LogP contribution >= 0.6 is 11.3 Å². The Hall–Kier alpha value is -5.25. The minimum absolute atomic E-state index is 0.0132. The predicted molar refractivity (Wildman–Crippen MR) is 313 cm³/mol. The predicted octanol–water partition coefficient (Wildman–Crippen LogP) is 14.7. The van der Waals surface area contributed by atoms with Gasteiger partial charge in [0.2, 0.25) is 0 Å². The first-order valence-corrected chi connectivity index (χ1v) is 28.6. The maximum absolute atomic E-state index is 12.1. The number of H-pyrrole nitrogens is 1. The minimum Gasteiger partial charge on any atom is -0.369 e. The summed E-state index contributed by atoms with van der Waals surface area (Å²) in [5, 5.41) is 18.1. The molecule has 2 N–H and O–H groups in total. The van der Waals surface area contributed by atoms with Crippen LogP contribution in [0.15, 0.2) is 108 Å². The van der Waals surface area contributed by atoms with Crippen molar-refractivity contribution in [1.29, 1.82) is 0 Å². The molecular formula is C60H91F2N9O2S2. The van der Waals surface area contributed by atoms with Crippen molar-refractivity contribution < 1.29 is 17.2 Å². The number of halogens is 2. The zero-order valence-electron chi connectivity index (χ0n) is 49.2. The second-order valence-corrected chi connectivity index (χ2v) is 28.3. The van der Waals surface area contributed by atoms with Gasteiger partial charge in [-0.15, -0.1) is 11.3 Å². The molecule has 1 aliphatic heterocycles. The Labute approximate surface area is 454 Å². The lowest BCUT2D eigenvalue weighted by Gasteiger charge is -2.30. The average molecular weight is 1070 g/mol. The molecule has 3 aromatic carbocycles. The molecule has 0 atom stereocenters. The van der Waals surface area contributed by atoms with E-state index >= 15 is 0 Å². The number of rotatable bonds is 3. The Balaban J connectivity index is 0.000000239. The van der Waals surface area contributed by atoms with Crippen molar-refractivity contribution in [3.05, 3.63) is 142 Å². The van der Waals surface area contributed by atoms with E-state index in [0.29, 0.717) is 9.58 Å². The van der Waals surface area contributed by atoms with E-state index in [1.807, 2.05) is 57.2 Å². The highest BCUT2D eigenvalue weighted by molar-refractivity contribution is 7.90. The summed E-state index contributed by atoms with van der Waals surface area (Å²) in [7, 11) is -1.15. The summed E-state index contributed by atoms with van der Waals surface area (Å²) in [6.45, 7) is 42.4. The Morgan fingerprint density at radius 1 is 0.627 bits per heavy atom. The van der Waals surface area contributed by atoms with E-state index in [4.69, 9.17) is 0 Å². The molecule has 414 valence electrons. The SMILES string of the molecule is CC(C)(C)c1ccc(N2CCNCC2)cc1.CC(C)(C)c1cccc(S(C)(=O)=O)c1.CC(C)(C)c1cccc2scnc12.CC(C)(C)c1cnn(C(F)F)c1.Cc1cc(C(C)(C)C)n[nH]1.Cn1cc(C(C)(C)C)cn1. The first-order valence-electron chi connectivity index (χ1n) is 25.8. The number of nitrogens with zero attached hydrogens (tertiary/aromatic N) is 7. The molecule has 11 nitrogen and oxygen atoms in total. The zero-order valence-corrected chi connectivity index (χ0v) is 50.9. The summed E-state index contributed by atoms with van der Waals surface area (Å²) < 4.78 is 50.5. The molecule has 0 unspecified atom stereocenters. The summed E-state index contributed by atoms with van der Waals surface area (Å²) in [4.78, 5) is 7.24. The number of aromatic nitrogens is 7. The summed E-state index contributed by atoms with van der Waals surface area (Å²) in [5.41, 5.74) is 13.3. The first-order chi connectivity index (χ1) is 34.3. The Kier molecular flexibility index (Phi) is 22.4.